The van der Waals surface area contributed by atoms with Crippen molar-refractivity contribution in [1.29, 1.82) is 0 Å². The molecule has 1 aliphatic rings. The van der Waals surface area contributed by atoms with Crippen LogP contribution in [0.15, 0.2) is 47.4 Å². The van der Waals surface area contributed by atoms with Gasteiger partial charge in [0.25, 0.3) is 5.91 Å². The van der Waals surface area contributed by atoms with E-state index >= 15 is 0 Å². The number of amides is 1. The van der Waals surface area contributed by atoms with Gasteiger partial charge in [-0.2, -0.15) is 4.31 Å². The molecule has 1 amide bonds. The zero-order valence-electron chi connectivity index (χ0n) is 17.0. The van der Waals surface area contributed by atoms with Crippen molar-refractivity contribution < 1.29 is 13.2 Å². The number of hydrogen-bond acceptors (Lipinski definition) is 3. The van der Waals surface area contributed by atoms with E-state index in [0.717, 1.165) is 29.7 Å². The first-order valence-electron chi connectivity index (χ1n) is 9.65. The second kappa shape index (κ2) is 8.05. The average molecular weight is 401 g/mol. The molecule has 150 valence electrons. The number of carbonyl (C=O) groups excluding carboxylic acids is 1. The van der Waals surface area contributed by atoms with Gasteiger partial charge in [0.2, 0.25) is 10.0 Å². The molecule has 0 bridgehead atoms. The molecule has 1 fully saturated rings. The third-order valence-corrected chi connectivity index (χ3v) is 7.29. The Labute approximate surface area is 168 Å². The highest BCUT2D eigenvalue weighted by molar-refractivity contribution is 7.89. The number of piperidine rings is 1. The standard InChI is InChI=1S/C22H28N2O3S/c1-16-9-11-24(12-10-16)28(26,27)21-7-5-19(6-8-21)22(25)23(4)20-14-17(2)13-18(3)15-20/h5-8,13-16H,9-12H2,1-4H3. The lowest BCUT2D eigenvalue weighted by Crippen LogP contribution is -2.37. The van der Waals surface area contributed by atoms with Crippen molar-refractivity contribution in [1.82, 2.24) is 4.31 Å². The van der Waals surface area contributed by atoms with Crippen molar-refractivity contribution in [2.75, 3.05) is 25.0 Å². The summed E-state index contributed by atoms with van der Waals surface area (Å²) in [4.78, 5) is 14.7. The predicted molar refractivity (Wildman–Crippen MR) is 112 cm³/mol. The van der Waals surface area contributed by atoms with Gasteiger partial charge in [-0.05, 0) is 80.1 Å². The molecule has 1 heterocycles. The summed E-state index contributed by atoms with van der Waals surface area (Å²) in [5, 5.41) is 0. The SMILES string of the molecule is Cc1cc(C)cc(N(C)C(=O)c2ccc(S(=O)(=O)N3CCC(C)CC3)cc2)c1. The molecule has 0 radical (unpaired) electrons. The number of rotatable bonds is 4. The summed E-state index contributed by atoms with van der Waals surface area (Å²) in [6.07, 6.45) is 1.77. The average Bonchev–Trinajstić information content (AvgIpc) is 2.66. The minimum Gasteiger partial charge on any atom is -0.311 e. The number of hydrogen-bond donors (Lipinski definition) is 0. The quantitative estimate of drug-likeness (QED) is 0.779. The smallest absolute Gasteiger partial charge is 0.258 e. The van der Waals surface area contributed by atoms with E-state index in [9.17, 15) is 13.2 Å². The molecule has 6 heteroatoms. The molecule has 0 atom stereocenters. The van der Waals surface area contributed by atoms with Gasteiger partial charge in [0.05, 0.1) is 4.90 Å². The van der Waals surface area contributed by atoms with Gasteiger partial charge in [0.1, 0.15) is 0 Å². The summed E-state index contributed by atoms with van der Waals surface area (Å²) in [5.74, 6) is 0.396. The minimum absolute atomic E-state index is 0.166. The third-order valence-electron chi connectivity index (χ3n) is 5.38. The molecule has 0 aliphatic carbocycles. The van der Waals surface area contributed by atoms with Gasteiger partial charge in [0, 0.05) is 31.4 Å². The van der Waals surface area contributed by atoms with Gasteiger partial charge in [-0.3, -0.25) is 4.79 Å². The molecule has 0 saturated carbocycles. The Bertz CT molecular complexity index is 940. The Balaban J connectivity index is 1.79. The van der Waals surface area contributed by atoms with E-state index < -0.39 is 10.0 Å². The number of aryl methyl sites for hydroxylation is 2. The lowest BCUT2D eigenvalue weighted by Gasteiger charge is -2.29. The van der Waals surface area contributed by atoms with Crippen LogP contribution in [-0.4, -0.2) is 38.8 Å². The maximum atomic E-state index is 12.8. The molecule has 2 aromatic rings. The molecule has 0 N–H and O–H groups in total. The zero-order valence-corrected chi connectivity index (χ0v) is 17.8. The van der Waals surface area contributed by atoms with Crippen LogP contribution < -0.4 is 4.90 Å². The van der Waals surface area contributed by atoms with Gasteiger partial charge in [-0.25, -0.2) is 8.42 Å². The van der Waals surface area contributed by atoms with E-state index in [0.29, 0.717) is 24.6 Å². The van der Waals surface area contributed by atoms with Gasteiger partial charge >= 0.3 is 0 Å². The number of nitrogens with zero attached hydrogens (tertiary/aromatic N) is 2. The van der Waals surface area contributed by atoms with Crippen LogP contribution in [0.4, 0.5) is 5.69 Å². The molecule has 0 aromatic heterocycles. The second-order valence-electron chi connectivity index (χ2n) is 7.82. The highest BCUT2D eigenvalue weighted by Crippen LogP contribution is 2.24. The van der Waals surface area contributed by atoms with Crippen LogP contribution in [0.5, 0.6) is 0 Å². The second-order valence-corrected chi connectivity index (χ2v) is 9.76. The van der Waals surface area contributed by atoms with Crippen molar-refractivity contribution in [2.24, 2.45) is 5.92 Å². The summed E-state index contributed by atoms with van der Waals surface area (Å²) in [6, 6.07) is 12.2. The number of carbonyl (C=O) groups is 1. The topological polar surface area (TPSA) is 57.7 Å². The fourth-order valence-corrected chi connectivity index (χ4v) is 5.07. The highest BCUT2D eigenvalue weighted by Gasteiger charge is 2.28. The lowest BCUT2D eigenvalue weighted by atomic mass is 10.0. The molecule has 0 spiro atoms. The van der Waals surface area contributed by atoms with Crippen molar-refractivity contribution in [3.63, 3.8) is 0 Å². The first-order chi connectivity index (χ1) is 13.2. The normalized spacial score (nSPS) is 16.1. The van der Waals surface area contributed by atoms with Gasteiger partial charge < -0.3 is 4.90 Å². The van der Waals surface area contributed by atoms with Crippen LogP contribution in [0.2, 0.25) is 0 Å². The molecule has 3 rings (SSSR count). The summed E-state index contributed by atoms with van der Waals surface area (Å²) < 4.78 is 27.2. The van der Waals surface area contributed by atoms with E-state index in [2.05, 4.69) is 13.0 Å². The zero-order chi connectivity index (χ0) is 20.5. The molecule has 2 aromatic carbocycles. The molecule has 28 heavy (non-hydrogen) atoms. The highest BCUT2D eigenvalue weighted by atomic mass is 32.2. The summed E-state index contributed by atoms with van der Waals surface area (Å²) >= 11 is 0. The molecular formula is C22H28N2O3S. The van der Waals surface area contributed by atoms with E-state index in [1.807, 2.05) is 26.0 Å². The Morgan fingerprint density at radius 3 is 2.07 bits per heavy atom. The maximum absolute atomic E-state index is 12.8. The van der Waals surface area contributed by atoms with Crippen molar-refractivity contribution in [2.45, 2.75) is 38.5 Å². The maximum Gasteiger partial charge on any atom is 0.258 e. The largest absolute Gasteiger partial charge is 0.311 e. The summed E-state index contributed by atoms with van der Waals surface area (Å²) in [6.45, 7) is 7.25. The monoisotopic (exact) mass is 400 g/mol. The van der Waals surface area contributed by atoms with E-state index in [1.54, 1.807) is 28.4 Å². The van der Waals surface area contributed by atoms with Crippen LogP contribution in [-0.2, 0) is 10.0 Å². The van der Waals surface area contributed by atoms with Crippen LogP contribution >= 0.6 is 0 Å². The third kappa shape index (κ3) is 4.28. The number of sulfonamides is 1. The van der Waals surface area contributed by atoms with Crippen LogP contribution in [0.1, 0.15) is 41.3 Å². The first kappa shape index (κ1) is 20.6. The van der Waals surface area contributed by atoms with Crippen LogP contribution in [0.3, 0.4) is 0 Å². The van der Waals surface area contributed by atoms with Crippen molar-refractivity contribution >= 4 is 21.6 Å². The Morgan fingerprint density at radius 1 is 1.00 bits per heavy atom. The Kier molecular flexibility index (Phi) is 5.91. The molecule has 0 unspecified atom stereocenters. The van der Waals surface area contributed by atoms with Gasteiger partial charge in [-0.1, -0.05) is 13.0 Å². The molecule has 1 saturated heterocycles. The molecular weight excluding hydrogens is 372 g/mol. The van der Waals surface area contributed by atoms with Crippen LogP contribution in [0, 0.1) is 19.8 Å². The molecule has 1 aliphatic heterocycles. The first-order valence-corrected chi connectivity index (χ1v) is 11.1. The van der Waals surface area contributed by atoms with Gasteiger partial charge in [-0.15, -0.1) is 0 Å². The fourth-order valence-electron chi connectivity index (χ4n) is 3.60. The Morgan fingerprint density at radius 2 is 1.54 bits per heavy atom. The lowest BCUT2D eigenvalue weighted by molar-refractivity contribution is 0.0993. The minimum atomic E-state index is -3.50. The molecule has 5 nitrogen and oxygen atoms in total. The van der Waals surface area contributed by atoms with Crippen molar-refractivity contribution in [3.05, 3.63) is 59.2 Å². The van der Waals surface area contributed by atoms with Gasteiger partial charge in [0.15, 0.2) is 0 Å². The van der Waals surface area contributed by atoms with E-state index in [4.69, 9.17) is 0 Å². The number of benzene rings is 2. The van der Waals surface area contributed by atoms with E-state index in [-0.39, 0.29) is 10.8 Å². The van der Waals surface area contributed by atoms with Crippen LogP contribution in [0.25, 0.3) is 0 Å². The Hall–Kier alpha value is -2.18. The summed E-state index contributed by atoms with van der Waals surface area (Å²) in [5.41, 5.74) is 3.47. The number of anilines is 1. The van der Waals surface area contributed by atoms with E-state index in [1.165, 1.54) is 12.1 Å². The predicted octanol–water partition coefficient (Wildman–Crippen LogP) is 4.00. The summed E-state index contributed by atoms with van der Waals surface area (Å²) in [7, 11) is -1.77. The van der Waals surface area contributed by atoms with Crippen molar-refractivity contribution in [3.8, 4) is 0 Å². The fraction of sp³-hybridized carbons (Fsp3) is 0.409.